The van der Waals surface area contributed by atoms with E-state index in [-0.39, 0.29) is 6.61 Å². The fourth-order valence-corrected chi connectivity index (χ4v) is 3.84. The van der Waals surface area contributed by atoms with Gasteiger partial charge >= 0.3 is 0 Å². The number of hydrogen-bond donors (Lipinski definition) is 1. The fourth-order valence-electron chi connectivity index (χ4n) is 3.71. The Balaban J connectivity index is 1.69. The van der Waals surface area contributed by atoms with E-state index >= 15 is 0 Å². The van der Waals surface area contributed by atoms with Crippen molar-refractivity contribution in [3.8, 4) is 0 Å². The maximum atomic E-state index is 9.19. The van der Waals surface area contributed by atoms with Gasteiger partial charge in [0.25, 0.3) is 0 Å². The lowest BCUT2D eigenvalue weighted by Crippen LogP contribution is -2.49. The first kappa shape index (κ1) is 18.2. The van der Waals surface area contributed by atoms with Crippen LogP contribution < -0.4 is 0 Å². The van der Waals surface area contributed by atoms with Crippen LogP contribution in [0, 0.1) is 0 Å². The van der Waals surface area contributed by atoms with Crippen LogP contribution in [-0.4, -0.2) is 60.1 Å². The van der Waals surface area contributed by atoms with Gasteiger partial charge in [-0.15, -0.1) is 0 Å². The molecule has 4 rings (SSSR count). The number of amidine groups is 1. The van der Waals surface area contributed by atoms with Gasteiger partial charge in [-0.05, 0) is 35.7 Å². The van der Waals surface area contributed by atoms with Crippen molar-refractivity contribution in [3.63, 3.8) is 0 Å². The first-order chi connectivity index (χ1) is 13.2. The minimum Gasteiger partial charge on any atom is -0.395 e. The molecule has 0 spiro atoms. The largest absolute Gasteiger partial charge is 0.395 e. The molecule has 0 aliphatic carbocycles. The first-order valence-corrected chi connectivity index (χ1v) is 9.83. The smallest absolute Gasteiger partial charge is 0.136 e. The van der Waals surface area contributed by atoms with E-state index in [2.05, 4.69) is 46.2 Å². The Hall–Kier alpha value is -2.14. The van der Waals surface area contributed by atoms with Crippen LogP contribution in [0.1, 0.15) is 11.1 Å². The lowest BCUT2D eigenvalue weighted by atomic mass is 10.0. The molecule has 5 heteroatoms. The van der Waals surface area contributed by atoms with Gasteiger partial charge in [0, 0.05) is 43.3 Å². The van der Waals surface area contributed by atoms with Crippen molar-refractivity contribution in [3.05, 3.63) is 70.8 Å². The Morgan fingerprint density at radius 3 is 2.44 bits per heavy atom. The number of nitrogens with zero attached hydrogens (tertiary/aromatic N) is 3. The summed E-state index contributed by atoms with van der Waals surface area (Å²) in [6.45, 7) is 4.65. The fraction of sp³-hybridized carbons (Fsp3) is 0.318. The third-order valence-electron chi connectivity index (χ3n) is 5.23. The minimum absolute atomic E-state index is 0.213. The zero-order chi connectivity index (χ0) is 18.6. The predicted molar refractivity (Wildman–Crippen MR) is 112 cm³/mol. The van der Waals surface area contributed by atoms with Gasteiger partial charge in [0.05, 0.1) is 12.3 Å². The Morgan fingerprint density at radius 2 is 1.70 bits per heavy atom. The highest BCUT2D eigenvalue weighted by Crippen LogP contribution is 2.30. The van der Waals surface area contributed by atoms with Crippen molar-refractivity contribution < 1.29 is 5.11 Å². The number of hydrogen-bond acceptors (Lipinski definition) is 4. The van der Waals surface area contributed by atoms with Crippen LogP contribution in [0.2, 0.25) is 5.02 Å². The number of β-amino-alcohol motifs (C(OH)–C–C–N with tert-alkyl or cyclic N) is 1. The van der Waals surface area contributed by atoms with E-state index in [4.69, 9.17) is 16.6 Å². The van der Waals surface area contributed by atoms with Gasteiger partial charge in [-0.25, -0.2) is 4.99 Å². The molecular formula is C22H24ClN3O. The molecule has 0 bridgehead atoms. The molecule has 0 radical (unpaired) electrons. The van der Waals surface area contributed by atoms with Gasteiger partial charge in [0.1, 0.15) is 5.84 Å². The Labute approximate surface area is 165 Å². The van der Waals surface area contributed by atoms with Crippen molar-refractivity contribution in [1.82, 2.24) is 9.80 Å². The van der Waals surface area contributed by atoms with E-state index in [0.717, 1.165) is 61.3 Å². The Bertz CT molecular complexity index is 852. The molecule has 1 fully saturated rings. The van der Waals surface area contributed by atoms with E-state index < -0.39 is 0 Å². The van der Waals surface area contributed by atoms with Crippen LogP contribution in [0.4, 0.5) is 5.69 Å². The summed E-state index contributed by atoms with van der Waals surface area (Å²) < 4.78 is 0. The van der Waals surface area contributed by atoms with Crippen molar-refractivity contribution in [2.45, 2.75) is 6.42 Å². The van der Waals surface area contributed by atoms with Crippen LogP contribution in [0.15, 0.2) is 59.6 Å². The Morgan fingerprint density at radius 1 is 0.963 bits per heavy atom. The van der Waals surface area contributed by atoms with E-state index in [9.17, 15) is 5.11 Å². The lowest BCUT2D eigenvalue weighted by Gasteiger charge is -2.36. The number of aliphatic hydroxyl groups excluding tert-OH is 1. The van der Waals surface area contributed by atoms with E-state index in [1.807, 2.05) is 18.2 Å². The number of para-hydroxylation sites is 1. The van der Waals surface area contributed by atoms with E-state index in [1.54, 1.807) is 0 Å². The second-order valence-corrected chi connectivity index (χ2v) is 7.38. The number of benzene rings is 2. The number of fused-ring (bicyclic) bond motifs is 1. The van der Waals surface area contributed by atoms with Crippen molar-refractivity contribution in [2.75, 3.05) is 39.3 Å². The number of halogens is 1. The van der Waals surface area contributed by atoms with Gasteiger partial charge in [-0.3, -0.25) is 4.90 Å². The normalized spacial score (nSPS) is 17.8. The molecule has 2 aromatic rings. The van der Waals surface area contributed by atoms with Crippen molar-refractivity contribution in [1.29, 1.82) is 0 Å². The number of aliphatic hydroxyl groups is 1. The van der Waals surface area contributed by atoms with Crippen LogP contribution in [0.3, 0.4) is 0 Å². The number of rotatable bonds is 3. The summed E-state index contributed by atoms with van der Waals surface area (Å²) >= 11 is 6.10. The molecule has 1 saturated heterocycles. The quantitative estimate of drug-likeness (QED) is 0.882. The minimum atomic E-state index is 0.213. The lowest BCUT2D eigenvalue weighted by molar-refractivity contribution is 0.148. The zero-order valence-corrected chi connectivity index (χ0v) is 16.1. The van der Waals surface area contributed by atoms with Gasteiger partial charge in [0.2, 0.25) is 0 Å². The summed E-state index contributed by atoms with van der Waals surface area (Å²) in [6.07, 6.45) is 3.15. The second kappa shape index (κ2) is 8.26. The molecule has 0 saturated carbocycles. The maximum Gasteiger partial charge on any atom is 0.136 e. The molecule has 2 aliphatic heterocycles. The summed E-state index contributed by atoms with van der Waals surface area (Å²) in [4.78, 5) is 9.76. The van der Waals surface area contributed by atoms with Crippen LogP contribution in [0.25, 0.3) is 5.57 Å². The summed E-state index contributed by atoms with van der Waals surface area (Å²) in [7, 11) is 0. The molecule has 0 aromatic heterocycles. The van der Waals surface area contributed by atoms with Gasteiger partial charge in [0.15, 0.2) is 0 Å². The molecule has 2 aliphatic rings. The molecule has 0 atom stereocenters. The standard InChI is InChI=1S/C22H24ClN3O/c23-19-8-5-17(6-9-19)20-10-7-18-3-1-2-4-21(18)24-22(20)26-13-11-25(12-14-26)15-16-27/h1-6,8-10,27H,7,11-16H2. The Kier molecular flexibility index (Phi) is 5.58. The van der Waals surface area contributed by atoms with Gasteiger partial charge < -0.3 is 10.0 Å². The van der Waals surface area contributed by atoms with E-state index in [1.165, 1.54) is 11.1 Å². The molecule has 2 heterocycles. The third kappa shape index (κ3) is 4.08. The van der Waals surface area contributed by atoms with Crippen molar-refractivity contribution in [2.24, 2.45) is 4.99 Å². The molecule has 2 aromatic carbocycles. The maximum absolute atomic E-state index is 9.19. The third-order valence-corrected chi connectivity index (χ3v) is 5.48. The highest BCUT2D eigenvalue weighted by Gasteiger charge is 2.24. The van der Waals surface area contributed by atoms with Crippen molar-refractivity contribution >= 4 is 28.7 Å². The molecule has 0 unspecified atom stereocenters. The second-order valence-electron chi connectivity index (χ2n) is 6.95. The number of aliphatic imine (C=N–C) groups is 1. The predicted octanol–water partition coefficient (Wildman–Crippen LogP) is 3.62. The summed E-state index contributed by atoms with van der Waals surface area (Å²) in [5.41, 5.74) is 4.60. The van der Waals surface area contributed by atoms with Crippen LogP contribution in [-0.2, 0) is 6.42 Å². The topological polar surface area (TPSA) is 39.1 Å². The molecule has 27 heavy (non-hydrogen) atoms. The molecule has 0 amide bonds. The molecular weight excluding hydrogens is 358 g/mol. The average Bonchev–Trinajstić information content (AvgIpc) is 2.89. The SMILES string of the molecule is OCCN1CCN(C2=Nc3ccccc3CC=C2c2ccc(Cl)cc2)CC1. The monoisotopic (exact) mass is 381 g/mol. The average molecular weight is 382 g/mol. The highest BCUT2D eigenvalue weighted by molar-refractivity contribution is 6.30. The van der Waals surface area contributed by atoms with Crippen LogP contribution >= 0.6 is 11.6 Å². The molecule has 1 N–H and O–H groups in total. The number of piperazine rings is 1. The summed E-state index contributed by atoms with van der Waals surface area (Å²) in [6, 6.07) is 16.4. The van der Waals surface area contributed by atoms with Gasteiger partial charge in [-0.1, -0.05) is 48.0 Å². The van der Waals surface area contributed by atoms with E-state index in [0.29, 0.717) is 0 Å². The zero-order valence-electron chi connectivity index (χ0n) is 15.3. The molecule has 4 nitrogen and oxygen atoms in total. The van der Waals surface area contributed by atoms with Gasteiger partial charge in [-0.2, -0.15) is 0 Å². The summed E-state index contributed by atoms with van der Waals surface area (Å²) in [5, 5.41) is 9.94. The summed E-state index contributed by atoms with van der Waals surface area (Å²) in [5.74, 6) is 1.03. The first-order valence-electron chi connectivity index (χ1n) is 9.46. The number of allylic oxidation sites excluding steroid dienone is 1. The molecule has 140 valence electrons. The highest BCUT2D eigenvalue weighted by atomic mass is 35.5. The van der Waals surface area contributed by atoms with Crippen LogP contribution in [0.5, 0.6) is 0 Å².